The molecule has 0 amide bonds. The Morgan fingerprint density at radius 3 is 1.36 bits per heavy atom. The van der Waals surface area contributed by atoms with Gasteiger partial charge in [-0.3, -0.25) is 0 Å². The van der Waals surface area contributed by atoms with Gasteiger partial charge in [-0.25, -0.2) is 0 Å². The van der Waals surface area contributed by atoms with Gasteiger partial charge in [-0.05, 0) is 47.6 Å². The van der Waals surface area contributed by atoms with E-state index >= 15 is 0 Å². The van der Waals surface area contributed by atoms with Crippen LogP contribution >= 0.6 is 0 Å². The number of nitrogens with zero attached hydrogens (tertiary/aromatic N) is 1. The predicted molar refractivity (Wildman–Crippen MR) is 59.3 cm³/mol. The minimum absolute atomic E-state index is 0.594. The van der Waals surface area contributed by atoms with E-state index in [4.69, 9.17) is 0 Å². The van der Waals surface area contributed by atoms with Crippen LogP contribution in [0.1, 0.15) is 40.5 Å². The van der Waals surface area contributed by atoms with Crippen molar-refractivity contribution in [1.82, 2.24) is 4.90 Å². The lowest BCUT2D eigenvalue weighted by Crippen LogP contribution is -2.32. The van der Waals surface area contributed by atoms with Crippen LogP contribution in [0.3, 0.4) is 0 Å². The summed E-state index contributed by atoms with van der Waals surface area (Å²) in [5.74, 6) is 0. The van der Waals surface area contributed by atoms with Crippen LogP contribution in [-0.4, -0.2) is 46.5 Å². The quantitative estimate of drug-likeness (QED) is 0.682. The van der Waals surface area contributed by atoms with E-state index in [9.17, 15) is 10.2 Å². The van der Waals surface area contributed by atoms with Crippen molar-refractivity contribution in [3.63, 3.8) is 0 Å². The third-order valence-corrected chi connectivity index (χ3v) is 2.21. The van der Waals surface area contributed by atoms with Gasteiger partial charge < -0.3 is 15.1 Å². The third-order valence-electron chi connectivity index (χ3n) is 2.21. The van der Waals surface area contributed by atoms with Gasteiger partial charge in [-0.15, -0.1) is 0 Å². The van der Waals surface area contributed by atoms with Gasteiger partial charge in [0, 0.05) is 13.1 Å². The lowest BCUT2D eigenvalue weighted by molar-refractivity contribution is 0.0461. The fraction of sp³-hybridized carbons (Fsp3) is 1.00. The van der Waals surface area contributed by atoms with Gasteiger partial charge in [0.25, 0.3) is 0 Å². The molecule has 0 unspecified atom stereocenters. The van der Waals surface area contributed by atoms with Gasteiger partial charge in [-0.1, -0.05) is 0 Å². The molecule has 0 aromatic rings. The Morgan fingerprint density at radius 1 is 0.857 bits per heavy atom. The number of rotatable bonds is 6. The summed E-state index contributed by atoms with van der Waals surface area (Å²) in [6.45, 7) is 8.99. The van der Waals surface area contributed by atoms with Gasteiger partial charge in [-0.2, -0.15) is 0 Å². The summed E-state index contributed by atoms with van der Waals surface area (Å²) in [7, 11) is 2.01. The third kappa shape index (κ3) is 9.96. The highest BCUT2D eigenvalue weighted by Gasteiger charge is 2.16. The monoisotopic (exact) mass is 203 g/mol. The maximum Gasteiger partial charge on any atom is 0.0603 e. The van der Waals surface area contributed by atoms with Crippen molar-refractivity contribution < 1.29 is 10.2 Å². The number of hydrogen-bond donors (Lipinski definition) is 2. The van der Waals surface area contributed by atoms with Gasteiger partial charge in [0.15, 0.2) is 0 Å². The van der Waals surface area contributed by atoms with E-state index in [1.807, 2.05) is 34.7 Å². The lowest BCUT2D eigenvalue weighted by Gasteiger charge is -2.25. The summed E-state index contributed by atoms with van der Waals surface area (Å²) in [6.07, 6.45) is 1.52. The van der Waals surface area contributed by atoms with Crippen LogP contribution in [0.2, 0.25) is 0 Å². The van der Waals surface area contributed by atoms with E-state index in [0.29, 0.717) is 0 Å². The molecule has 0 saturated carbocycles. The van der Waals surface area contributed by atoms with Crippen molar-refractivity contribution in [2.75, 3.05) is 20.1 Å². The maximum atomic E-state index is 9.52. The van der Waals surface area contributed by atoms with Gasteiger partial charge in [0.05, 0.1) is 11.2 Å². The summed E-state index contributed by atoms with van der Waals surface area (Å²) in [5.41, 5.74) is -1.19. The van der Waals surface area contributed by atoms with Gasteiger partial charge in [0.1, 0.15) is 0 Å². The minimum Gasteiger partial charge on any atom is -0.390 e. The average Bonchev–Trinajstić information content (AvgIpc) is 1.94. The Hall–Kier alpha value is -0.120. The van der Waals surface area contributed by atoms with E-state index in [-0.39, 0.29) is 0 Å². The van der Waals surface area contributed by atoms with E-state index < -0.39 is 11.2 Å². The van der Waals surface area contributed by atoms with Crippen LogP contribution in [0.5, 0.6) is 0 Å². The average molecular weight is 203 g/mol. The highest BCUT2D eigenvalue weighted by atomic mass is 16.3. The van der Waals surface area contributed by atoms with Crippen molar-refractivity contribution in [2.24, 2.45) is 0 Å². The maximum absolute atomic E-state index is 9.52. The number of aliphatic hydroxyl groups is 2. The molecule has 0 fully saturated rings. The molecular formula is C11H25NO2. The number of hydrogen-bond acceptors (Lipinski definition) is 3. The molecule has 0 saturated heterocycles. The van der Waals surface area contributed by atoms with Crippen molar-refractivity contribution in [1.29, 1.82) is 0 Å². The van der Waals surface area contributed by atoms with Crippen LogP contribution in [0.25, 0.3) is 0 Å². The first kappa shape index (κ1) is 13.9. The second-order valence-electron chi connectivity index (χ2n) is 5.43. The fourth-order valence-corrected chi connectivity index (χ4v) is 1.04. The zero-order valence-corrected chi connectivity index (χ0v) is 10.2. The topological polar surface area (TPSA) is 43.7 Å². The van der Waals surface area contributed by atoms with Gasteiger partial charge in [0.2, 0.25) is 0 Å². The molecule has 0 aromatic carbocycles. The molecule has 3 nitrogen and oxygen atoms in total. The van der Waals surface area contributed by atoms with E-state index in [1.54, 1.807) is 0 Å². The highest BCUT2D eigenvalue weighted by molar-refractivity contribution is 4.70. The largest absolute Gasteiger partial charge is 0.390 e. The zero-order chi connectivity index (χ0) is 11.4. The standard InChI is InChI=1S/C11H25NO2/c1-10(2,13)6-8-12(5)9-7-11(3,4)14/h13-14H,6-9H2,1-5H3. The van der Waals surface area contributed by atoms with Crippen molar-refractivity contribution in [2.45, 2.75) is 51.7 Å². The summed E-state index contributed by atoms with van der Waals surface area (Å²) < 4.78 is 0. The summed E-state index contributed by atoms with van der Waals surface area (Å²) in [4.78, 5) is 2.13. The Morgan fingerprint density at radius 2 is 1.14 bits per heavy atom. The van der Waals surface area contributed by atoms with Crippen molar-refractivity contribution >= 4 is 0 Å². The lowest BCUT2D eigenvalue weighted by atomic mass is 10.0. The van der Waals surface area contributed by atoms with Crippen LogP contribution < -0.4 is 0 Å². The van der Waals surface area contributed by atoms with Crippen LogP contribution in [-0.2, 0) is 0 Å². The Bertz CT molecular complexity index is 138. The molecule has 0 atom stereocenters. The molecule has 3 heteroatoms. The molecule has 86 valence electrons. The second-order valence-corrected chi connectivity index (χ2v) is 5.43. The minimum atomic E-state index is -0.594. The molecule has 0 aliphatic heterocycles. The molecule has 2 N–H and O–H groups in total. The van der Waals surface area contributed by atoms with E-state index in [1.165, 1.54) is 0 Å². The van der Waals surface area contributed by atoms with Gasteiger partial charge >= 0.3 is 0 Å². The summed E-state index contributed by atoms with van der Waals surface area (Å²) in [5, 5.41) is 19.0. The molecule has 0 aromatic heterocycles. The molecule has 0 spiro atoms. The van der Waals surface area contributed by atoms with Crippen LogP contribution in [0.4, 0.5) is 0 Å². The first-order valence-electron chi connectivity index (χ1n) is 5.23. The highest BCUT2D eigenvalue weighted by Crippen LogP contribution is 2.10. The fourth-order valence-electron chi connectivity index (χ4n) is 1.04. The molecular weight excluding hydrogens is 178 g/mol. The Balaban J connectivity index is 3.62. The molecule has 0 bridgehead atoms. The predicted octanol–water partition coefficient (Wildman–Crippen LogP) is 1.24. The van der Waals surface area contributed by atoms with Crippen LogP contribution in [0.15, 0.2) is 0 Å². The summed E-state index contributed by atoms with van der Waals surface area (Å²) in [6, 6.07) is 0. The molecule has 0 aliphatic rings. The molecule has 0 radical (unpaired) electrons. The normalized spacial score (nSPS) is 13.7. The second kappa shape index (κ2) is 5.10. The molecule has 0 aliphatic carbocycles. The Kier molecular flexibility index (Phi) is 5.06. The molecule has 0 rings (SSSR count). The zero-order valence-electron chi connectivity index (χ0n) is 10.2. The smallest absolute Gasteiger partial charge is 0.0603 e. The molecule has 14 heavy (non-hydrogen) atoms. The Labute approximate surface area is 87.7 Å². The first-order valence-corrected chi connectivity index (χ1v) is 5.23. The summed E-state index contributed by atoms with van der Waals surface area (Å²) >= 11 is 0. The van der Waals surface area contributed by atoms with E-state index in [0.717, 1.165) is 25.9 Å². The van der Waals surface area contributed by atoms with Crippen molar-refractivity contribution in [3.05, 3.63) is 0 Å². The first-order chi connectivity index (χ1) is 6.10. The molecule has 0 heterocycles. The van der Waals surface area contributed by atoms with Crippen LogP contribution in [0, 0.1) is 0 Å². The SMILES string of the molecule is CN(CCC(C)(C)O)CCC(C)(C)O. The van der Waals surface area contributed by atoms with Crippen molar-refractivity contribution in [3.8, 4) is 0 Å². The van der Waals surface area contributed by atoms with E-state index in [2.05, 4.69) is 4.90 Å².